The first-order valence-electron chi connectivity index (χ1n) is 5.74. The Morgan fingerprint density at radius 1 is 1.31 bits per heavy atom. The van der Waals surface area contributed by atoms with Crippen molar-refractivity contribution in [3.05, 3.63) is 0 Å². The van der Waals surface area contributed by atoms with Gasteiger partial charge in [0.1, 0.15) is 5.60 Å². The number of likely N-dealkylation sites (tertiary alicyclic amines) is 1. The van der Waals surface area contributed by atoms with Crippen LogP contribution in [0.25, 0.3) is 0 Å². The lowest BCUT2D eigenvalue weighted by Gasteiger charge is -2.46. The molecule has 16 heavy (non-hydrogen) atoms. The van der Waals surface area contributed by atoms with E-state index < -0.39 is 5.60 Å². The minimum atomic E-state index is -0.392. The highest BCUT2D eigenvalue weighted by molar-refractivity contribution is 14.1. The number of halogens is 1. The largest absolute Gasteiger partial charge is 0.444 e. The van der Waals surface area contributed by atoms with Gasteiger partial charge in [0.05, 0.1) is 5.54 Å². The lowest BCUT2D eigenvalue weighted by molar-refractivity contribution is 0.0239. The summed E-state index contributed by atoms with van der Waals surface area (Å²) < 4.78 is 7.71. The zero-order chi connectivity index (χ0) is 12.0. The van der Waals surface area contributed by atoms with E-state index in [4.69, 9.17) is 4.74 Å². The molecule has 4 nitrogen and oxygen atoms in total. The molecule has 0 aromatic rings. The summed E-state index contributed by atoms with van der Waals surface area (Å²) in [5.74, 6) is 0. The van der Waals surface area contributed by atoms with E-state index >= 15 is 0 Å². The Kier molecular flexibility index (Phi) is 3.11. The Balaban J connectivity index is 1.91. The summed E-state index contributed by atoms with van der Waals surface area (Å²) in [7, 11) is 0. The SMILES string of the molecule is CC(C)(C)OC(=O)N1CCC2(CCN2I)C1. The second kappa shape index (κ2) is 4.01. The first-order valence-corrected chi connectivity index (χ1v) is 6.70. The van der Waals surface area contributed by atoms with E-state index in [2.05, 4.69) is 26.0 Å². The van der Waals surface area contributed by atoms with Gasteiger partial charge in [-0.2, -0.15) is 0 Å². The number of carbonyl (C=O) groups is 1. The number of amides is 1. The molecule has 2 aliphatic heterocycles. The second-order valence-electron chi connectivity index (χ2n) is 5.71. The fourth-order valence-corrected chi connectivity index (χ4v) is 3.13. The highest BCUT2D eigenvalue weighted by atomic mass is 127. The number of ether oxygens (including phenoxy) is 1. The number of hydrogen-bond acceptors (Lipinski definition) is 3. The van der Waals surface area contributed by atoms with Gasteiger partial charge in [0, 0.05) is 42.5 Å². The summed E-state index contributed by atoms with van der Waals surface area (Å²) in [5.41, 5.74) is -0.145. The van der Waals surface area contributed by atoms with Crippen molar-refractivity contribution >= 4 is 29.0 Å². The summed E-state index contributed by atoms with van der Waals surface area (Å²) in [6.07, 6.45) is 2.12. The molecule has 0 aromatic carbocycles. The summed E-state index contributed by atoms with van der Waals surface area (Å²) in [6, 6.07) is 0. The van der Waals surface area contributed by atoms with E-state index in [-0.39, 0.29) is 11.6 Å². The van der Waals surface area contributed by atoms with E-state index in [1.54, 1.807) is 0 Å². The van der Waals surface area contributed by atoms with Crippen molar-refractivity contribution in [1.82, 2.24) is 8.01 Å². The molecule has 2 rings (SSSR count). The molecule has 0 bridgehead atoms. The summed E-state index contributed by atoms with van der Waals surface area (Å²) in [5, 5.41) is 0. The van der Waals surface area contributed by atoms with E-state index in [9.17, 15) is 4.79 Å². The minimum absolute atomic E-state index is 0.166. The minimum Gasteiger partial charge on any atom is -0.444 e. The Hall–Kier alpha value is -0.0400. The number of rotatable bonds is 0. The van der Waals surface area contributed by atoms with E-state index in [1.807, 2.05) is 25.7 Å². The Bertz CT molecular complexity index is 303. The number of hydrogen-bond donors (Lipinski definition) is 0. The van der Waals surface area contributed by atoms with E-state index in [1.165, 1.54) is 6.42 Å². The highest BCUT2D eigenvalue weighted by Gasteiger charge is 2.50. The topological polar surface area (TPSA) is 32.8 Å². The molecule has 0 saturated carbocycles. The first-order chi connectivity index (χ1) is 7.32. The summed E-state index contributed by atoms with van der Waals surface area (Å²) in [6.45, 7) is 8.52. The lowest BCUT2D eigenvalue weighted by atomic mass is 9.87. The molecule has 2 saturated heterocycles. The maximum atomic E-state index is 11.9. The van der Waals surface area contributed by atoms with Crippen LogP contribution in [0.4, 0.5) is 4.79 Å². The van der Waals surface area contributed by atoms with Gasteiger partial charge in [-0.25, -0.2) is 7.91 Å². The van der Waals surface area contributed by atoms with E-state index in [0.29, 0.717) is 0 Å². The molecule has 1 unspecified atom stereocenters. The normalized spacial score (nSPS) is 30.6. The number of nitrogens with zero attached hydrogens (tertiary/aromatic N) is 2. The molecular formula is C11H19IN2O2. The van der Waals surface area contributed by atoms with Crippen LogP contribution in [-0.4, -0.2) is 44.9 Å². The second-order valence-corrected chi connectivity index (χ2v) is 6.88. The zero-order valence-corrected chi connectivity index (χ0v) is 12.3. The average Bonchev–Trinajstić information content (AvgIpc) is 2.59. The van der Waals surface area contributed by atoms with Crippen LogP contribution in [-0.2, 0) is 4.74 Å². The number of carbonyl (C=O) groups excluding carboxylic acids is 1. The predicted molar refractivity (Wildman–Crippen MR) is 70.5 cm³/mol. The molecule has 2 heterocycles. The van der Waals surface area contributed by atoms with Gasteiger partial charge in [-0.15, -0.1) is 0 Å². The zero-order valence-electron chi connectivity index (χ0n) is 10.1. The van der Waals surface area contributed by atoms with E-state index in [0.717, 1.165) is 26.1 Å². The molecule has 0 aliphatic carbocycles. The molecule has 5 heteroatoms. The molecule has 1 atom stereocenters. The van der Waals surface area contributed by atoms with Gasteiger partial charge in [0.15, 0.2) is 0 Å². The van der Waals surface area contributed by atoms with Gasteiger partial charge in [0.25, 0.3) is 0 Å². The van der Waals surface area contributed by atoms with Crippen LogP contribution < -0.4 is 0 Å². The third kappa shape index (κ3) is 2.30. The summed E-state index contributed by atoms with van der Waals surface area (Å²) >= 11 is 2.36. The molecule has 1 spiro atoms. The molecule has 0 N–H and O–H groups in total. The Labute approximate surface area is 111 Å². The molecule has 0 radical (unpaired) electrons. The third-order valence-electron chi connectivity index (χ3n) is 3.27. The highest BCUT2D eigenvalue weighted by Crippen LogP contribution is 2.41. The van der Waals surface area contributed by atoms with Crippen LogP contribution in [0.1, 0.15) is 33.6 Å². The van der Waals surface area contributed by atoms with Gasteiger partial charge in [-0.1, -0.05) is 0 Å². The maximum absolute atomic E-state index is 11.9. The Morgan fingerprint density at radius 2 is 1.94 bits per heavy atom. The van der Waals surface area contributed by atoms with Crippen molar-refractivity contribution in [3.63, 3.8) is 0 Å². The summed E-state index contributed by atoms with van der Waals surface area (Å²) in [4.78, 5) is 13.7. The molecule has 2 fully saturated rings. The quantitative estimate of drug-likeness (QED) is 0.502. The smallest absolute Gasteiger partial charge is 0.410 e. The molecule has 92 valence electrons. The van der Waals surface area contributed by atoms with Crippen molar-refractivity contribution < 1.29 is 9.53 Å². The molecular weight excluding hydrogens is 319 g/mol. The van der Waals surface area contributed by atoms with Crippen molar-refractivity contribution in [2.45, 2.75) is 44.8 Å². The van der Waals surface area contributed by atoms with Gasteiger partial charge in [-0.3, -0.25) is 0 Å². The molecule has 0 aromatic heterocycles. The first kappa shape index (κ1) is 12.4. The standard InChI is InChI=1S/C11H19IN2O2/c1-10(2,3)16-9(15)13-6-4-11(8-13)5-7-14(11)12/h4-8H2,1-3H3. The predicted octanol–water partition coefficient (Wildman–Crippen LogP) is 2.42. The Morgan fingerprint density at radius 3 is 2.31 bits per heavy atom. The maximum Gasteiger partial charge on any atom is 0.410 e. The van der Waals surface area contributed by atoms with Crippen molar-refractivity contribution in [3.8, 4) is 0 Å². The van der Waals surface area contributed by atoms with Crippen molar-refractivity contribution in [2.75, 3.05) is 19.6 Å². The molecule has 2 aliphatic rings. The van der Waals surface area contributed by atoms with Crippen molar-refractivity contribution in [1.29, 1.82) is 0 Å². The van der Waals surface area contributed by atoms with Gasteiger partial charge >= 0.3 is 6.09 Å². The van der Waals surface area contributed by atoms with Gasteiger partial charge in [-0.05, 0) is 33.6 Å². The third-order valence-corrected chi connectivity index (χ3v) is 4.78. The van der Waals surface area contributed by atoms with Crippen LogP contribution in [0.3, 0.4) is 0 Å². The van der Waals surface area contributed by atoms with Gasteiger partial charge in [0.2, 0.25) is 0 Å². The lowest BCUT2D eigenvalue weighted by Crippen LogP contribution is -2.56. The van der Waals surface area contributed by atoms with Crippen LogP contribution in [0.5, 0.6) is 0 Å². The van der Waals surface area contributed by atoms with Crippen LogP contribution in [0.2, 0.25) is 0 Å². The van der Waals surface area contributed by atoms with Crippen LogP contribution in [0.15, 0.2) is 0 Å². The van der Waals surface area contributed by atoms with Crippen LogP contribution in [0, 0.1) is 0 Å². The monoisotopic (exact) mass is 338 g/mol. The fourth-order valence-electron chi connectivity index (χ4n) is 2.25. The fraction of sp³-hybridized carbons (Fsp3) is 0.909. The molecule has 1 amide bonds. The van der Waals surface area contributed by atoms with Crippen molar-refractivity contribution in [2.24, 2.45) is 0 Å². The van der Waals surface area contributed by atoms with Gasteiger partial charge < -0.3 is 9.64 Å². The van der Waals surface area contributed by atoms with Crippen LogP contribution >= 0.6 is 22.9 Å². The average molecular weight is 338 g/mol.